The standard InChI is InChI=1S/C30H41BN2O4S/c1-22(21-38(34)28(2,3)4)15-23-11-9-13-26(16-23)35-27-14-10-12-24(17-27)19-33-20-25(18-32-33)31-36-29(5,6)30(7,8)37-31/h9-14,16-18,20,22H,15,19,21H2,1-8H3/t22-,38?/m0/s1. The van der Waals surface area contributed by atoms with Gasteiger partial charge < -0.3 is 14.0 Å². The van der Waals surface area contributed by atoms with Crippen molar-refractivity contribution in [2.24, 2.45) is 5.92 Å². The number of hydrogen-bond donors (Lipinski definition) is 0. The van der Waals surface area contributed by atoms with E-state index in [4.69, 9.17) is 14.0 Å². The molecule has 1 aliphatic rings. The van der Waals surface area contributed by atoms with Crippen LogP contribution < -0.4 is 10.2 Å². The Hall–Kier alpha value is -2.42. The first-order valence-corrected chi connectivity index (χ1v) is 14.7. The zero-order chi connectivity index (χ0) is 27.7. The topological polar surface area (TPSA) is 62.6 Å². The Kier molecular flexibility index (Phi) is 8.27. The third kappa shape index (κ3) is 6.96. The molecule has 8 heteroatoms. The number of hydrogen-bond acceptors (Lipinski definition) is 5. The van der Waals surface area contributed by atoms with Crippen LogP contribution in [0, 0.1) is 5.92 Å². The molecule has 1 aromatic heterocycles. The van der Waals surface area contributed by atoms with E-state index in [0.29, 0.717) is 18.2 Å². The molecule has 2 aromatic carbocycles. The van der Waals surface area contributed by atoms with Crippen molar-refractivity contribution in [1.29, 1.82) is 0 Å². The highest BCUT2D eigenvalue weighted by Crippen LogP contribution is 2.36. The number of aromatic nitrogens is 2. The van der Waals surface area contributed by atoms with Crippen LogP contribution in [0.2, 0.25) is 0 Å². The largest absolute Gasteiger partial charge is 0.498 e. The van der Waals surface area contributed by atoms with Crippen LogP contribution in [0.5, 0.6) is 11.5 Å². The van der Waals surface area contributed by atoms with Crippen LogP contribution >= 0.6 is 0 Å². The van der Waals surface area contributed by atoms with Gasteiger partial charge in [-0.1, -0.05) is 31.2 Å². The molecular weight excluding hydrogens is 495 g/mol. The minimum Gasteiger partial charge on any atom is -0.457 e. The van der Waals surface area contributed by atoms with E-state index >= 15 is 0 Å². The zero-order valence-electron chi connectivity index (χ0n) is 24.0. The molecule has 0 bridgehead atoms. The summed E-state index contributed by atoms with van der Waals surface area (Å²) in [5.74, 6) is 2.59. The van der Waals surface area contributed by atoms with Gasteiger partial charge in [0.25, 0.3) is 0 Å². The molecule has 2 heterocycles. The summed E-state index contributed by atoms with van der Waals surface area (Å²) in [6, 6.07) is 16.2. The van der Waals surface area contributed by atoms with Crippen LogP contribution in [0.3, 0.4) is 0 Å². The SMILES string of the molecule is C[C@@H](Cc1cccc(Oc2cccc(Cn3cc(B4OC(C)(C)C(C)(C)O4)cn3)c2)c1)CS(=O)C(C)(C)C. The van der Waals surface area contributed by atoms with Gasteiger partial charge in [0, 0.05) is 39.2 Å². The second kappa shape index (κ2) is 11.0. The number of benzene rings is 2. The second-order valence-electron chi connectivity index (χ2n) is 12.4. The summed E-state index contributed by atoms with van der Waals surface area (Å²) in [7, 11) is -1.28. The molecule has 0 saturated carbocycles. The lowest BCUT2D eigenvalue weighted by Gasteiger charge is -2.32. The van der Waals surface area contributed by atoms with Crippen LogP contribution in [0.15, 0.2) is 60.9 Å². The van der Waals surface area contributed by atoms with Gasteiger partial charge in [-0.2, -0.15) is 5.10 Å². The first-order valence-electron chi connectivity index (χ1n) is 13.3. The van der Waals surface area contributed by atoms with Crippen LogP contribution in [0.4, 0.5) is 0 Å². The summed E-state index contributed by atoms with van der Waals surface area (Å²) in [6.07, 6.45) is 4.66. The minimum absolute atomic E-state index is 0.187. The quantitative estimate of drug-likeness (QED) is 0.326. The van der Waals surface area contributed by atoms with Crippen molar-refractivity contribution in [3.8, 4) is 11.5 Å². The molecular formula is C30H41BN2O4S. The Labute approximate surface area is 230 Å². The highest BCUT2D eigenvalue weighted by molar-refractivity contribution is 7.86. The van der Waals surface area contributed by atoms with Crippen molar-refractivity contribution in [2.45, 2.75) is 84.3 Å². The average Bonchev–Trinajstić information content (AvgIpc) is 3.34. The Morgan fingerprint density at radius 1 is 1.00 bits per heavy atom. The Balaban J connectivity index is 1.38. The third-order valence-corrected chi connectivity index (χ3v) is 9.50. The van der Waals surface area contributed by atoms with E-state index in [2.05, 4.69) is 57.9 Å². The van der Waals surface area contributed by atoms with Crippen LogP contribution in [0.25, 0.3) is 0 Å². The molecule has 4 rings (SSSR count). The molecule has 0 amide bonds. The maximum atomic E-state index is 12.5. The maximum absolute atomic E-state index is 12.5. The molecule has 3 aromatic rings. The highest BCUT2D eigenvalue weighted by Gasteiger charge is 2.52. The van der Waals surface area contributed by atoms with Crippen molar-refractivity contribution in [1.82, 2.24) is 9.78 Å². The first kappa shape index (κ1) is 28.6. The molecule has 204 valence electrons. The maximum Gasteiger partial charge on any atom is 0.498 e. The minimum atomic E-state index is -0.856. The van der Waals surface area contributed by atoms with Gasteiger partial charge in [0.05, 0.1) is 17.7 Å². The van der Waals surface area contributed by atoms with Gasteiger partial charge in [-0.25, -0.2) is 0 Å². The number of ether oxygens (including phenoxy) is 1. The molecule has 1 fully saturated rings. The van der Waals surface area contributed by atoms with Gasteiger partial charge >= 0.3 is 7.12 Å². The van der Waals surface area contributed by atoms with Gasteiger partial charge in [-0.15, -0.1) is 0 Å². The van der Waals surface area contributed by atoms with Crippen molar-refractivity contribution in [3.63, 3.8) is 0 Å². The summed E-state index contributed by atoms with van der Waals surface area (Å²) in [4.78, 5) is 0. The molecule has 6 nitrogen and oxygen atoms in total. The van der Waals surface area contributed by atoms with E-state index < -0.39 is 17.9 Å². The second-order valence-corrected chi connectivity index (χ2v) is 14.6. The summed E-state index contributed by atoms with van der Waals surface area (Å²) < 4.78 is 32.8. The highest BCUT2D eigenvalue weighted by atomic mass is 32.2. The monoisotopic (exact) mass is 536 g/mol. The lowest BCUT2D eigenvalue weighted by Crippen LogP contribution is -2.41. The normalized spacial score (nSPS) is 18.4. The van der Waals surface area contributed by atoms with Gasteiger partial charge in [0.2, 0.25) is 0 Å². The fraction of sp³-hybridized carbons (Fsp3) is 0.500. The average molecular weight is 537 g/mol. The summed E-state index contributed by atoms with van der Waals surface area (Å²) >= 11 is 0. The van der Waals surface area contributed by atoms with Crippen molar-refractivity contribution in [2.75, 3.05) is 5.75 Å². The molecule has 38 heavy (non-hydrogen) atoms. The zero-order valence-corrected chi connectivity index (χ0v) is 24.8. The molecule has 2 atom stereocenters. The van der Waals surface area contributed by atoms with Gasteiger partial charge in [0.1, 0.15) is 11.5 Å². The van der Waals surface area contributed by atoms with E-state index in [1.165, 1.54) is 5.56 Å². The van der Waals surface area contributed by atoms with Gasteiger partial charge in [0.15, 0.2) is 0 Å². The van der Waals surface area contributed by atoms with Crippen LogP contribution in [-0.2, 0) is 33.1 Å². The Morgan fingerprint density at radius 2 is 1.58 bits per heavy atom. The van der Waals surface area contributed by atoms with Gasteiger partial charge in [-0.3, -0.25) is 8.89 Å². The van der Waals surface area contributed by atoms with Crippen molar-refractivity contribution >= 4 is 23.4 Å². The van der Waals surface area contributed by atoms with E-state index in [1.807, 2.05) is 68.2 Å². The third-order valence-electron chi connectivity index (χ3n) is 7.26. The van der Waals surface area contributed by atoms with E-state index in [0.717, 1.165) is 28.9 Å². The van der Waals surface area contributed by atoms with Gasteiger partial charge in [-0.05, 0) is 96.2 Å². The molecule has 1 aliphatic heterocycles. The van der Waals surface area contributed by atoms with Crippen LogP contribution in [0.1, 0.15) is 66.5 Å². The van der Waals surface area contributed by atoms with Crippen molar-refractivity contribution in [3.05, 3.63) is 72.1 Å². The first-order chi connectivity index (χ1) is 17.7. The number of nitrogens with zero attached hydrogens (tertiary/aromatic N) is 2. The van der Waals surface area contributed by atoms with Crippen LogP contribution in [-0.4, -0.2) is 42.8 Å². The molecule has 0 N–H and O–H groups in total. The summed E-state index contributed by atoms with van der Waals surface area (Å²) in [6.45, 7) is 17.1. The lowest BCUT2D eigenvalue weighted by molar-refractivity contribution is 0.00578. The molecule has 1 saturated heterocycles. The lowest BCUT2D eigenvalue weighted by atomic mass is 9.82. The van der Waals surface area contributed by atoms with E-state index in [9.17, 15) is 4.21 Å². The molecule has 0 spiro atoms. The molecule has 1 unspecified atom stereocenters. The summed E-state index contributed by atoms with van der Waals surface area (Å²) in [5.41, 5.74) is 2.41. The fourth-order valence-corrected chi connectivity index (χ4v) is 5.44. The summed E-state index contributed by atoms with van der Waals surface area (Å²) in [5, 5.41) is 4.53. The predicted molar refractivity (Wildman–Crippen MR) is 156 cm³/mol. The Bertz CT molecular complexity index is 1270. The Morgan fingerprint density at radius 3 is 2.18 bits per heavy atom. The molecule has 0 aliphatic carbocycles. The predicted octanol–water partition coefficient (Wildman–Crippen LogP) is 5.75. The smallest absolute Gasteiger partial charge is 0.457 e. The fourth-order valence-electron chi connectivity index (χ4n) is 4.30. The van der Waals surface area contributed by atoms with E-state index in [-0.39, 0.29) is 15.9 Å². The molecule has 0 radical (unpaired) electrons. The van der Waals surface area contributed by atoms with Crippen molar-refractivity contribution < 1.29 is 18.3 Å². The van der Waals surface area contributed by atoms with E-state index in [1.54, 1.807) is 0 Å². The number of rotatable bonds is 9.